The maximum atomic E-state index is 5.55. The Bertz CT molecular complexity index is 569. The molecule has 1 aromatic carbocycles. The quantitative estimate of drug-likeness (QED) is 0.796. The largest absolute Gasteiger partial charge is 0.409 e. The van der Waals surface area contributed by atoms with Crippen LogP contribution in [0.3, 0.4) is 0 Å². The van der Waals surface area contributed by atoms with E-state index in [0.717, 1.165) is 25.3 Å². The highest BCUT2D eigenvalue weighted by Crippen LogP contribution is 2.17. The first-order chi connectivity index (χ1) is 8.83. The minimum Gasteiger partial charge on any atom is -0.409 e. The molecule has 3 rings (SSSR count). The van der Waals surface area contributed by atoms with Crippen LogP contribution in [-0.2, 0) is 6.67 Å². The molecule has 2 aromatic rings. The summed E-state index contributed by atoms with van der Waals surface area (Å²) < 4.78 is 7.32. The lowest BCUT2D eigenvalue weighted by molar-refractivity contribution is 0.249. The average molecular weight is 261 g/mol. The zero-order chi connectivity index (χ0) is 12.4. The average Bonchev–Trinajstić information content (AvgIpc) is 3.02. The van der Waals surface area contributed by atoms with Crippen LogP contribution in [0.4, 0.5) is 0 Å². The first-order valence-electron chi connectivity index (χ1n) is 6.19. The maximum Gasteiger partial charge on any atom is 0.288 e. The lowest BCUT2D eigenvalue weighted by atomic mass is 10.2. The van der Waals surface area contributed by atoms with Crippen molar-refractivity contribution >= 4 is 12.2 Å². The Kier molecular flexibility index (Phi) is 3.25. The van der Waals surface area contributed by atoms with Crippen molar-refractivity contribution in [3.63, 3.8) is 0 Å². The van der Waals surface area contributed by atoms with Gasteiger partial charge in [-0.25, -0.2) is 4.68 Å². The van der Waals surface area contributed by atoms with Gasteiger partial charge in [-0.3, -0.25) is 4.90 Å². The summed E-state index contributed by atoms with van der Waals surface area (Å²) in [7, 11) is 0. The van der Waals surface area contributed by atoms with E-state index in [4.69, 9.17) is 16.6 Å². The number of rotatable bonds is 3. The third-order valence-corrected chi connectivity index (χ3v) is 3.45. The van der Waals surface area contributed by atoms with Crippen molar-refractivity contribution in [2.75, 3.05) is 13.1 Å². The highest BCUT2D eigenvalue weighted by Gasteiger charge is 2.14. The lowest BCUT2D eigenvalue weighted by Crippen LogP contribution is -2.23. The number of nitrogens with zero attached hydrogens (tertiary/aromatic N) is 3. The monoisotopic (exact) mass is 261 g/mol. The first-order valence-corrected chi connectivity index (χ1v) is 6.59. The molecule has 1 aromatic heterocycles. The molecule has 1 saturated heterocycles. The van der Waals surface area contributed by atoms with Gasteiger partial charge in [0.2, 0.25) is 5.89 Å². The molecule has 1 aliphatic heterocycles. The van der Waals surface area contributed by atoms with Crippen molar-refractivity contribution in [3.05, 3.63) is 35.2 Å². The van der Waals surface area contributed by atoms with Crippen LogP contribution in [0.1, 0.15) is 12.8 Å². The van der Waals surface area contributed by atoms with Crippen LogP contribution in [0.25, 0.3) is 11.5 Å². The van der Waals surface area contributed by atoms with Gasteiger partial charge in [0.05, 0.1) is 6.67 Å². The van der Waals surface area contributed by atoms with Gasteiger partial charge in [-0.15, -0.1) is 5.10 Å². The second-order valence-electron chi connectivity index (χ2n) is 4.51. The van der Waals surface area contributed by atoms with Gasteiger partial charge >= 0.3 is 0 Å². The molecule has 0 aliphatic carbocycles. The Morgan fingerprint density at radius 1 is 1.17 bits per heavy atom. The van der Waals surface area contributed by atoms with Gasteiger partial charge in [0, 0.05) is 5.56 Å². The second-order valence-corrected chi connectivity index (χ2v) is 4.85. The molecule has 1 aliphatic rings. The smallest absolute Gasteiger partial charge is 0.288 e. The zero-order valence-corrected chi connectivity index (χ0v) is 10.9. The number of hydrogen-bond acceptors (Lipinski definition) is 4. The number of aromatic nitrogens is 2. The predicted octanol–water partition coefficient (Wildman–Crippen LogP) is 2.93. The fourth-order valence-electron chi connectivity index (χ4n) is 2.21. The third kappa shape index (κ3) is 2.37. The van der Waals surface area contributed by atoms with Gasteiger partial charge in [0.1, 0.15) is 0 Å². The Morgan fingerprint density at radius 3 is 2.61 bits per heavy atom. The molecule has 0 saturated carbocycles. The third-order valence-electron chi connectivity index (χ3n) is 3.16. The van der Waals surface area contributed by atoms with E-state index in [1.165, 1.54) is 12.8 Å². The normalized spacial score (nSPS) is 16.2. The number of hydrogen-bond donors (Lipinski definition) is 0. The van der Waals surface area contributed by atoms with Crippen LogP contribution in [0.2, 0.25) is 0 Å². The molecule has 0 spiro atoms. The molecule has 0 amide bonds. The zero-order valence-electron chi connectivity index (χ0n) is 10.1. The second kappa shape index (κ2) is 5.04. The molecule has 5 heteroatoms. The summed E-state index contributed by atoms with van der Waals surface area (Å²) in [5.74, 6) is 0.597. The van der Waals surface area contributed by atoms with Crippen molar-refractivity contribution in [1.29, 1.82) is 0 Å². The Balaban J connectivity index is 1.84. The Labute approximate surface area is 111 Å². The van der Waals surface area contributed by atoms with E-state index in [9.17, 15) is 0 Å². The first kappa shape index (κ1) is 11.6. The van der Waals surface area contributed by atoms with E-state index >= 15 is 0 Å². The highest BCUT2D eigenvalue weighted by molar-refractivity contribution is 7.71. The highest BCUT2D eigenvalue weighted by atomic mass is 32.1. The van der Waals surface area contributed by atoms with E-state index in [0.29, 0.717) is 10.7 Å². The van der Waals surface area contributed by atoms with Gasteiger partial charge < -0.3 is 4.42 Å². The van der Waals surface area contributed by atoms with Crippen LogP contribution in [0.5, 0.6) is 0 Å². The molecule has 18 heavy (non-hydrogen) atoms. The van der Waals surface area contributed by atoms with Gasteiger partial charge in [0.15, 0.2) is 0 Å². The van der Waals surface area contributed by atoms with Crippen molar-refractivity contribution in [2.45, 2.75) is 19.5 Å². The summed E-state index contributed by atoms with van der Waals surface area (Å²) in [5, 5.41) is 4.45. The van der Waals surface area contributed by atoms with E-state index < -0.39 is 0 Å². The van der Waals surface area contributed by atoms with Crippen LogP contribution >= 0.6 is 12.2 Å². The van der Waals surface area contributed by atoms with E-state index in [-0.39, 0.29) is 0 Å². The molecule has 0 radical (unpaired) electrons. The fraction of sp³-hybridized carbons (Fsp3) is 0.385. The van der Waals surface area contributed by atoms with Crippen molar-refractivity contribution in [3.8, 4) is 11.5 Å². The number of likely N-dealkylation sites (tertiary alicyclic amines) is 1. The van der Waals surface area contributed by atoms with Crippen LogP contribution in [-0.4, -0.2) is 27.8 Å². The van der Waals surface area contributed by atoms with E-state index in [1.54, 1.807) is 4.68 Å². The van der Waals surface area contributed by atoms with Gasteiger partial charge in [-0.05, 0) is 50.3 Å². The molecule has 1 fully saturated rings. The van der Waals surface area contributed by atoms with E-state index in [1.807, 2.05) is 30.3 Å². The molecule has 94 valence electrons. The Hall–Kier alpha value is -1.46. The summed E-state index contributed by atoms with van der Waals surface area (Å²) in [4.78, 5) is 2.79. The molecule has 4 nitrogen and oxygen atoms in total. The SMILES string of the molecule is S=c1oc(-c2ccccc2)nn1CN1CCCC1. The van der Waals surface area contributed by atoms with Crippen LogP contribution in [0, 0.1) is 4.84 Å². The molecular weight excluding hydrogens is 246 g/mol. The minimum atomic E-state index is 0.445. The summed E-state index contributed by atoms with van der Waals surface area (Å²) >= 11 is 5.21. The standard InChI is InChI=1S/C13H15N3OS/c18-13-16(10-15-8-4-5-9-15)14-12(17-13)11-6-2-1-3-7-11/h1-3,6-7H,4-5,8-10H2. The molecule has 2 heterocycles. The van der Waals surface area contributed by atoms with Crippen LogP contribution < -0.4 is 0 Å². The minimum absolute atomic E-state index is 0.445. The van der Waals surface area contributed by atoms with E-state index in [2.05, 4.69) is 10.00 Å². The Morgan fingerprint density at radius 2 is 1.89 bits per heavy atom. The van der Waals surface area contributed by atoms with Gasteiger partial charge in [-0.1, -0.05) is 18.2 Å². The lowest BCUT2D eigenvalue weighted by Gasteiger charge is -2.12. The van der Waals surface area contributed by atoms with Gasteiger partial charge in [0.25, 0.3) is 4.84 Å². The number of benzene rings is 1. The summed E-state index contributed by atoms with van der Waals surface area (Å²) in [5.41, 5.74) is 0.962. The molecular formula is C13H15N3OS. The predicted molar refractivity (Wildman–Crippen MR) is 71.6 cm³/mol. The maximum absolute atomic E-state index is 5.55. The van der Waals surface area contributed by atoms with Crippen molar-refractivity contribution < 1.29 is 4.42 Å². The molecule has 0 unspecified atom stereocenters. The van der Waals surface area contributed by atoms with Gasteiger partial charge in [-0.2, -0.15) is 0 Å². The topological polar surface area (TPSA) is 34.2 Å². The summed E-state index contributed by atoms with van der Waals surface area (Å²) in [6.07, 6.45) is 2.52. The van der Waals surface area contributed by atoms with Crippen LogP contribution in [0.15, 0.2) is 34.7 Å². The fourth-order valence-corrected chi connectivity index (χ4v) is 2.38. The van der Waals surface area contributed by atoms with Crippen molar-refractivity contribution in [2.24, 2.45) is 0 Å². The summed E-state index contributed by atoms with van der Waals surface area (Å²) in [6, 6.07) is 9.85. The summed E-state index contributed by atoms with van der Waals surface area (Å²) in [6.45, 7) is 2.97. The molecule has 0 N–H and O–H groups in total. The molecule has 0 atom stereocenters. The molecule has 0 bridgehead atoms. The van der Waals surface area contributed by atoms with Crippen molar-refractivity contribution in [1.82, 2.24) is 14.7 Å².